The van der Waals surface area contributed by atoms with Gasteiger partial charge in [-0.1, -0.05) is 13.8 Å². The molecule has 0 radical (unpaired) electrons. The third kappa shape index (κ3) is 2.72. The lowest BCUT2D eigenvalue weighted by atomic mass is 9.69. The molecule has 2 N–H and O–H groups in total. The Kier molecular flexibility index (Phi) is 4.36. The van der Waals surface area contributed by atoms with Crippen LogP contribution < -0.4 is 5.73 Å². The van der Waals surface area contributed by atoms with E-state index in [-0.39, 0.29) is 5.54 Å². The Morgan fingerprint density at radius 2 is 2.21 bits per heavy atom. The molecule has 0 saturated heterocycles. The SMILES string of the molecule is Cc1occc1CN(C)C1(CN)CCC(C)CC1C. The molecule has 0 spiro atoms. The van der Waals surface area contributed by atoms with Gasteiger partial charge >= 0.3 is 0 Å². The van der Waals surface area contributed by atoms with Crippen LogP contribution in [0.1, 0.15) is 44.4 Å². The molecule has 3 atom stereocenters. The Bertz CT molecular complexity index is 415. The number of hydrogen-bond acceptors (Lipinski definition) is 3. The summed E-state index contributed by atoms with van der Waals surface area (Å²) in [6.45, 7) is 8.43. The number of furan rings is 1. The van der Waals surface area contributed by atoms with Crippen LogP contribution in [0.25, 0.3) is 0 Å². The summed E-state index contributed by atoms with van der Waals surface area (Å²) in [4.78, 5) is 2.46. The number of likely N-dealkylation sites (N-methyl/N-ethyl adjacent to an activating group) is 1. The zero-order chi connectivity index (χ0) is 14.0. The van der Waals surface area contributed by atoms with Crippen molar-refractivity contribution in [2.75, 3.05) is 13.6 Å². The van der Waals surface area contributed by atoms with Crippen LogP contribution in [0, 0.1) is 18.8 Å². The monoisotopic (exact) mass is 264 g/mol. The van der Waals surface area contributed by atoms with Crippen LogP contribution in [0.3, 0.4) is 0 Å². The molecule has 108 valence electrons. The molecule has 1 aromatic heterocycles. The van der Waals surface area contributed by atoms with E-state index in [4.69, 9.17) is 10.2 Å². The largest absolute Gasteiger partial charge is 0.469 e. The number of nitrogens with zero attached hydrogens (tertiary/aromatic N) is 1. The Morgan fingerprint density at radius 3 is 2.74 bits per heavy atom. The second-order valence-electron chi connectivity index (χ2n) is 6.45. The van der Waals surface area contributed by atoms with Crippen molar-refractivity contribution >= 4 is 0 Å². The van der Waals surface area contributed by atoms with Gasteiger partial charge in [0.15, 0.2) is 0 Å². The predicted molar refractivity (Wildman–Crippen MR) is 78.9 cm³/mol. The molecular weight excluding hydrogens is 236 g/mol. The van der Waals surface area contributed by atoms with Gasteiger partial charge in [-0.05, 0) is 51.1 Å². The minimum atomic E-state index is 0.149. The van der Waals surface area contributed by atoms with Gasteiger partial charge in [-0.3, -0.25) is 4.90 Å². The highest BCUT2D eigenvalue weighted by Gasteiger charge is 2.42. The van der Waals surface area contributed by atoms with E-state index in [1.165, 1.54) is 24.8 Å². The molecular formula is C16H28N2O. The van der Waals surface area contributed by atoms with E-state index >= 15 is 0 Å². The van der Waals surface area contributed by atoms with Crippen molar-refractivity contribution in [3.63, 3.8) is 0 Å². The van der Waals surface area contributed by atoms with Gasteiger partial charge in [0.25, 0.3) is 0 Å². The molecule has 1 heterocycles. The molecule has 0 aromatic carbocycles. The van der Waals surface area contributed by atoms with Crippen LogP contribution >= 0.6 is 0 Å². The molecule has 0 bridgehead atoms. The van der Waals surface area contributed by atoms with E-state index in [0.717, 1.165) is 24.8 Å². The first-order valence-corrected chi connectivity index (χ1v) is 7.44. The molecule has 1 saturated carbocycles. The van der Waals surface area contributed by atoms with Crippen LogP contribution in [0.4, 0.5) is 0 Å². The van der Waals surface area contributed by atoms with E-state index in [1.807, 2.05) is 6.92 Å². The van der Waals surface area contributed by atoms with Crippen LogP contribution in [-0.4, -0.2) is 24.0 Å². The van der Waals surface area contributed by atoms with Crippen molar-refractivity contribution in [3.8, 4) is 0 Å². The maximum absolute atomic E-state index is 6.18. The number of hydrogen-bond donors (Lipinski definition) is 1. The standard InChI is InChI=1S/C16H28N2O/c1-12-5-7-16(11-17,13(2)9-12)18(4)10-15-6-8-19-14(15)3/h6,8,12-13H,5,7,9-11,17H2,1-4H3. The second kappa shape index (κ2) is 5.68. The van der Waals surface area contributed by atoms with E-state index in [0.29, 0.717) is 5.92 Å². The highest BCUT2D eigenvalue weighted by molar-refractivity contribution is 5.16. The van der Waals surface area contributed by atoms with Gasteiger partial charge in [-0.15, -0.1) is 0 Å². The van der Waals surface area contributed by atoms with Gasteiger partial charge in [0.05, 0.1) is 6.26 Å². The van der Waals surface area contributed by atoms with Crippen molar-refractivity contribution in [1.82, 2.24) is 4.90 Å². The molecule has 3 unspecified atom stereocenters. The van der Waals surface area contributed by atoms with Crippen molar-refractivity contribution in [2.45, 2.75) is 52.1 Å². The van der Waals surface area contributed by atoms with Gasteiger partial charge in [0, 0.05) is 24.2 Å². The topological polar surface area (TPSA) is 42.4 Å². The first kappa shape index (κ1) is 14.6. The van der Waals surface area contributed by atoms with E-state index < -0.39 is 0 Å². The van der Waals surface area contributed by atoms with Gasteiger partial charge in [0.2, 0.25) is 0 Å². The number of rotatable bonds is 4. The van der Waals surface area contributed by atoms with Crippen LogP contribution in [-0.2, 0) is 6.54 Å². The predicted octanol–water partition coefficient (Wildman–Crippen LogP) is 3.17. The zero-order valence-corrected chi connectivity index (χ0v) is 12.8. The Balaban J connectivity index is 2.14. The number of aryl methyl sites for hydroxylation is 1. The van der Waals surface area contributed by atoms with Crippen molar-refractivity contribution in [2.24, 2.45) is 17.6 Å². The molecule has 0 amide bonds. The fourth-order valence-electron chi connectivity index (χ4n) is 3.70. The summed E-state index contributed by atoms with van der Waals surface area (Å²) in [6.07, 6.45) is 5.56. The average molecular weight is 264 g/mol. The summed E-state index contributed by atoms with van der Waals surface area (Å²) in [6, 6.07) is 2.08. The average Bonchev–Trinajstić information content (AvgIpc) is 2.76. The summed E-state index contributed by atoms with van der Waals surface area (Å²) >= 11 is 0. The fraction of sp³-hybridized carbons (Fsp3) is 0.750. The van der Waals surface area contributed by atoms with E-state index in [2.05, 4.69) is 31.9 Å². The smallest absolute Gasteiger partial charge is 0.105 e. The zero-order valence-electron chi connectivity index (χ0n) is 12.8. The summed E-state index contributed by atoms with van der Waals surface area (Å²) in [7, 11) is 2.21. The van der Waals surface area contributed by atoms with Crippen molar-refractivity contribution in [1.29, 1.82) is 0 Å². The van der Waals surface area contributed by atoms with E-state index in [1.54, 1.807) is 6.26 Å². The Labute approximate surface area is 117 Å². The molecule has 2 rings (SSSR count). The first-order chi connectivity index (χ1) is 8.99. The Hall–Kier alpha value is -0.800. The molecule has 1 aliphatic rings. The fourth-order valence-corrected chi connectivity index (χ4v) is 3.70. The lowest BCUT2D eigenvalue weighted by Gasteiger charge is -2.50. The maximum Gasteiger partial charge on any atom is 0.105 e. The minimum absolute atomic E-state index is 0.149. The van der Waals surface area contributed by atoms with Gasteiger partial charge in [-0.25, -0.2) is 0 Å². The quantitative estimate of drug-likeness (QED) is 0.908. The molecule has 1 aromatic rings. The minimum Gasteiger partial charge on any atom is -0.469 e. The lowest BCUT2D eigenvalue weighted by molar-refractivity contribution is 0.0126. The summed E-state index contributed by atoms with van der Waals surface area (Å²) < 4.78 is 5.41. The summed E-state index contributed by atoms with van der Waals surface area (Å²) in [5, 5.41) is 0. The second-order valence-corrected chi connectivity index (χ2v) is 6.45. The van der Waals surface area contributed by atoms with Crippen molar-refractivity contribution in [3.05, 3.63) is 23.7 Å². The molecule has 3 heteroatoms. The molecule has 19 heavy (non-hydrogen) atoms. The summed E-state index contributed by atoms with van der Waals surface area (Å²) in [5.74, 6) is 2.51. The molecule has 3 nitrogen and oxygen atoms in total. The highest BCUT2D eigenvalue weighted by atomic mass is 16.3. The van der Waals surface area contributed by atoms with E-state index in [9.17, 15) is 0 Å². The van der Waals surface area contributed by atoms with Crippen LogP contribution in [0.2, 0.25) is 0 Å². The van der Waals surface area contributed by atoms with Gasteiger partial charge < -0.3 is 10.2 Å². The third-order valence-electron chi connectivity index (χ3n) is 5.23. The normalized spacial score (nSPS) is 31.9. The maximum atomic E-state index is 6.18. The first-order valence-electron chi connectivity index (χ1n) is 7.44. The summed E-state index contributed by atoms with van der Waals surface area (Å²) in [5.41, 5.74) is 7.60. The van der Waals surface area contributed by atoms with Crippen LogP contribution in [0.15, 0.2) is 16.7 Å². The van der Waals surface area contributed by atoms with Crippen molar-refractivity contribution < 1.29 is 4.42 Å². The Morgan fingerprint density at radius 1 is 1.47 bits per heavy atom. The third-order valence-corrected chi connectivity index (χ3v) is 5.23. The van der Waals surface area contributed by atoms with Gasteiger partial charge in [-0.2, -0.15) is 0 Å². The van der Waals surface area contributed by atoms with Crippen LogP contribution in [0.5, 0.6) is 0 Å². The molecule has 1 fully saturated rings. The molecule has 0 aliphatic heterocycles. The number of nitrogens with two attached hydrogens (primary N) is 1. The lowest BCUT2D eigenvalue weighted by Crippen LogP contribution is -2.58. The highest BCUT2D eigenvalue weighted by Crippen LogP contribution is 2.40. The molecule has 1 aliphatic carbocycles. The van der Waals surface area contributed by atoms with Gasteiger partial charge in [0.1, 0.15) is 5.76 Å².